The van der Waals surface area contributed by atoms with Crippen molar-refractivity contribution in [3.8, 4) is 0 Å². The lowest BCUT2D eigenvalue weighted by atomic mass is 9.94. The van der Waals surface area contributed by atoms with Crippen molar-refractivity contribution in [3.63, 3.8) is 0 Å². The first-order valence-electron chi connectivity index (χ1n) is 7.49. The highest BCUT2D eigenvalue weighted by molar-refractivity contribution is 9.10. The molecule has 0 fully saturated rings. The predicted molar refractivity (Wildman–Crippen MR) is 93.0 cm³/mol. The number of ketones is 1. The summed E-state index contributed by atoms with van der Waals surface area (Å²) in [5.74, 6) is -1.23. The number of halogens is 1. The number of aliphatic hydroxyl groups is 4. The standard InChI is InChI=1S/C16H19BrN2O6/c1-7(21)19-13(16(25)15(24)12(22)6-20)14(23)10-5-18-11-4-8(17)2-3-9(10)11/h2-5,12-13,15-16,18,20,22,24-25H,6H2,1H3,(H,19,21)/t12-,13+,15-,16-/m1/s1. The number of aromatic amines is 1. The number of hydrogen-bond donors (Lipinski definition) is 6. The van der Waals surface area contributed by atoms with Crippen molar-refractivity contribution in [2.24, 2.45) is 0 Å². The molecule has 6 N–H and O–H groups in total. The molecule has 136 valence electrons. The average molecular weight is 415 g/mol. The zero-order chi connectivity index (χ0) is 18.7. The Kier molecular flexibility index (Phi) is 6.31. The molecule has 0 bridgehead atoms. The predicted octanol–water partition coefficient (Wildman–Crippen LogP) is -0.307. The molecule has 0 aliphatic rings. The number of nitrogens with one attached hydrogen (secondary N) is 2. The van der Waals surface area contributed by atoms with Crippen LogP contribution in [0, 0.1) is 0 Å². The van der Waals surface area contributed by atoms with Gasteiger partial charge in [-0.05, 0) is 12.1 Å². The summed E-state index contributed by atoms with van der Waals surface area (Å²) in [6, 6.07) is 3.71. The fourth-order valence-electron chi connectivity index (χ4n) is 2.53. The molecule has 4 atom stereocenters. The Hall–Kier alpha value is -1.78. The van der Waals surface area contributed by atoms with E-state index in [1.807, 2.05) is 0 Å². The first-order valence-corrected chi connectivity index (χ1v) is 8.28. The molecule has 1 heterocycles. The molecule has 0 aliphatic heterocycles. The van der Waals surface area contributed by atoms with Crippen molar-refractivity contribution in [1.29, 1.82) is 0 Å². The van der Waals surface area contributed by atoms with E-state index in [0.717, 1.165) is 11.4 Å². The molecule has 2 rings (SSSR count). The van der Waals surface area contributed by atoms with Gasteiger partial charge >= 0.3 is 0 Å². The van der Waals surface area contributed by atoms with Crippen LogP contribution < -0.4 is 5.32 Å². The number of benzene rings is 1. The number of amides is 1. The minimum Gasteiger partial charge on any atom is -0.394 e. The molecule has 1 amide bonds. The van der Waals surface area contributed by atoms with E-state index in [9.17, 15) is 24.9 Å². The summed E-state index contributed by atoms with van der Waals surface area (Å²) < 4.78 is 0.806. The van der Waals surface area contributed by atoms with Crippen LogP contribution >= 0.6 is 15.9 Å². The molecule has 0 saturated carbocycles. The lowest BCUT2D eigenvalue weighted by molar-refractivity contribution is -0.122. The number of rotatable bonds is 7. The molecule has 0 saturated heterocycles. The van der Waals surface area contributed by atoms with Crippen LogP contribution in [0.1, 0.15) is 17.3 Å². The minimum absolute atomic E-state index is 0.214. The minimum atomic E-state index is -1.81. The van der Waals surface area contributed by atoms with E-state index >= 15 is 0 Å². The summed E-state index contributed by atoms with van der Waals surface area (Å²) in [4.78, 5) is 27.2. The van der Waals surface area contributed by atoms with Gasteiger partial charge in [0.2, 0.25) is 5.91 Å². The maximum absolute atomic E-state index is 12.8. The van der Waals surface area contributed by atoms with Gasteiger partial charge in [-0.1, -0.05) is 22.0 Å². The number of aliphatic hydroxyl groups excluding tert-OH is 4. The molecule has 0 spiro atoms. The number of carbonyl (C=O) groups is 2. The Labute approximate surface area is 151 Å². The number of fused-ring (bicyclic) bond motifs is 1. The van der Waals surface area contributed by atoms with Gasteiger partial charge < -0.3 is 30.7 Å². The van der Waals surface area contributed by atoms with Crippen molar-refractivity contribution in [2.45, 2.75) is 31.3 Å². The van der Waals surface area contributed by atoms with Gasteiger partial charge in [-0.2, -0.15) is 0 Å². The van der Waals surface area contributed by atoms with E-state index in [1.54, 1.807) is 18.2 Å². The summed E-state index contributed by atoms with van der Waals surface area (Å²) in [5, 5.41) is 41.4. The normalized spacial score (nSPS) is 16.2. The molecule has 25 heavy (non-hydrogen) atoms. The monoisotopic (exact) mass is 414 g/mol. The number of H-pyrrole nitrogens is 1. The zero-order valence-electron chi connectivity index (χ0n) is 13.3. The lowest BCUT2D eigenvalue weighted by Gasteiger charge is -2.28. The SMILES string of the molecule is CC(=O)N[C@@H](C(=O)c1c[nH]c2cc(Br)ccc12)[C@@H](O)[C@H](O)[C@H](O)CO. The first-order chi connectivity index (χ1) is 11.8. The van der Waals surface area contributed by atoms with Crippen molar-refractivity contribution < 1.29 is 30.0 Å². The first kappa shape index (κ1) is 19.5. The smallest absolute Gasteiger partial charge is 0.217 e. The fourth-order valence-corrected chi connectivity index (χ4v) is 2.89. The van der Waals surface area contributed by atoms with E-state index in [2.05, 4.69) is 26.2 Å². The fraction of sp³-hybridized carbons (Fsp3) is 0.375. The van der Waals surface area contributed by atoms with Crippen LogP contribution in [0.3, 0.4) is 0 Å². The molecule has 0 radical (unpaired) electrons. The molecule has 8 nitrogen and oxygen atoms in total. The van der Waals surface area contributed by atoms with Crippen LogP contribution in [0.5, 0.6) is 0 Å². The van der Waals surface area contributed by atoms with Crippen LogP contribution in [0.15, 0.2) is 28.9 Å². The van der Waals surface area contributed by atoms with Crippen LogP contribution in [-0.4, -0.2) is 68.1 Å². The molecule has 2 aromatic rings. The van der Waals surface area contributed by atoms with Crippen LogP contribution in [0.25, 0.3) is 10.9 Å². The molecule has 1 aromatic heterocycles. The highest BCUT2D eigenvalue weighted by atomic mass is 79.9. The molecule has 9 heteroatoms. The number of carbonyl (C=O) groups excluding carboxylic acids is 2. The van der Waals surface area contributed by atoms with E-state index in [0.29, 0.717) is 10.9 Å². The lowest BCUT2D eigenvalue weighted by Crippen LogP contribution is -2.55. The molecule has 1 aromatic carbocycles. The molecular weight excluding hydrogens is 396 g/mol. The third-order valence-corrected chi connectivity index (χ3v) is 4.32. The van der Waals surface area contributed by atoms with Crippen LogP contribution in [-0.2, 0) is 4.79 Å². The van der Waals surface area contributed by atoms with Gasteiger partial charge in [0, 0.05) is 34.1 Å². The Morgan fingerprint density at radius 3 is 2.52 bits per heavy atom. The van der Waals surface area contributed by atoms with E-state index < -0.39 is 42.7 Å². The summed E-state index contributed by atoms with van der Waals surface area (Å²) in [6.45, 7) is 0.356. The Bertz CT molecular complexity index is 777. The summed E-state index contributed by atoms with van der Waals surface area (Å²) >= 11 is 3.32. The molecule has 0 aliphatic carbocycles. The van der Waals surface area contributed by atoms with E-state index in [-0.39, 0.29) is 5.56 Å². The Balaban J connectivity index is 2.39. The largest absolute Gasteiger partial charge is 0.394 e. The third-order valence-electron chi connectivity index (χ3n) is 3.82. The van der Waals surface area contributed by atoms with E-state index in [4.69, 9.17) is 5.11 Å². The van der Waals surface area contributed by atoms with Crippen molar-refractivity contribution in [1.82, 2.24) is 10.3 Å². The zero-order valence-corrected chi connectivity index (χ0v) is 14.9. The van der Waals surface area contributed by atoms with Gasteiger partial charge in [-0.15, -0.1) is 0 Å². The maximum Gasteiger partial charge on any atom is 0.217 e. The second kappa shape index (κ2) is 8.07. The van der Waals surface area contributed by atoms with Crippen LogP contribution in [0.2, 0.25) is 0 Å². The second-order valence-corrected chi connectivity index (χ2v) is 6.58. The van der Waals surface area contributed by atoms with Crippen LogP contribution in [0.4, 0.5) is 0 Å². The summed E-state index contributed by atoms with van der Waals surface area (Å²) in [6.07, 6.45) is -3.84. The summed E-state index contributed by atoms with van der Waals surface area (Å²) in [5.41, 5.74) is 0.885. The number of aromatic nitrogens is 1. The van der Waals surface area contributed by atoms with Crippen molar-refractivity contribution >= 4 is 38.5 Å². The van der Waals surface area contributed by atoms with Gasteiger partial charge in [0.15, 0.2) is 5.78 Å². The highest BCUT2D eigenvalue weighted by Crippen LogP contribution is 2.24. The number of Topliss-reactive ketones (excluding diaryl/α,β-unsaturated/α-hetero) is 1. The maximum atomic E-state index is 12.8. The van der Waals surface area contributed by atoms with Gasteiger partial charge in [-0.3, -0.25) is 9.59 Å². The van der Waals surface area contributed by atoms with Crippen molar-refractivity contribution in [3.05, 3.63) is 34.4 Å². The second-order valence-electron chi connectivity index (χ2n) is 5.67. The Morgan fingerprint density at radius 2 is 1.92 bits per heavy atom. The topological polar surface area (TPSA) is 143 Å². The highest BCUT2D eigenvalue weighted by Gasteiger charge is 2.37. The quantitative estimate of drug-likeness (QED) is 0.343. The van der Waals surface area contributed by atoms with E-state index in [1.165, 1.54) is 6.20 Å². The summed E-state index contributed by atoms with van der Waals surface area (Å²) in [7, 11) is 0. The average Bonchev–Trinajstić information content (AvgIpc) is 2.99. The Morgan fingerprint density at radius 1 is 1.24 bits per heavy atom. The van der Waals surface area contributed by atoms with Gasteiger partial charge in [0.05, 0.1) is 6.61 Å². The van der Waals surface area contributed by atoms with Crippen molar-refractivity contribution in [2.75, 3.05) is 6.61 Å². The van der Waals surface area contributed by atoms with Gasteiger partial charge in [0.1, 0.15) is 24.4 Å². The van der Waals surface area contributed by atoms with Gasteiger partial charge in [0.25, 0.3) is 0 Å². The number of hydrogen-bond acceptors (Lipinski definition) is 6. The third kappa shape index (κ3) is 4.25. The molecular formula is C16H19BrN2O6. The van der Waals surface area contributed by atoms with Gasteiger partial charge in [-0.25, -0.2) is 0 Å². The molecule has 0 unspecified atom stereocenters.